The van der Waals surface area contributed by atoms with Crippen LogP contribution < -0.4 is 5.32 Å². The molecule has 0 aliphatic carbocycles. The predicted octanol–water partition coefficient (Wildman–Crippen LogP) is -2.71. The number of nitrogens with zero attached hydrogens (tertiary/aromatic N) is 3. The van der Waals surface area contributed by atoms with Crippen molar-refractivity contribution < 1.29 is 54.7 Å². The summed E-state index contributed by atoms with van der Waals surface area (Å²) >= 11 is 0. The molecule has 0 radical (unpaired) electrons. The van der Waals surface area contributed by atoms with Crippen LogP contribution in [0.2, 0.25) is 0 Å². The van der Waals surface area contributed by atoms with E-state index in [1.54, 1.807) is 6.92 Å². The van der Waals surface area contributed by atoms with Crippen molar-refractivity contribution in [2.75, 3.05) is 39.9 Å². The van der Waals surface area contributed by atoms with Crippen molar-refractivity contribution in [1.82, 2.24) is 10.3 Å². The standard InChI is InChI=1S/C20H40N4O11/c1-4-7-23(24(31)22-30)8-5-6-21-9-12-18(32-3)16(28)17(29)20(34-12)35-19-13(10-25)33-11(2)14(26)15(19)27/h11-21,25-30H,4-10H2,1-3H3/b24-22-/t11-,12-,13-,14+,15-,16-,17-,18-,19?,20-/m1/s1. The lowest BCUT2D eigenvalue weighted by Crippen LogP contribution is -2.65. The highest BCUT2D eigenvalue weighted by molar-refractivity contribution is 4.95. The molecular weight excluding hydrogens is 472 g/mol. The van der Waals surface area contributed by atoms with E-state index >= 15 is 0 Å². The van der Waals surface area contributed by atoms with Crippen LogP contribution in [0.1, 0.15) is 26.7 Å². The lowest BCUT2D eigenvalue weighted by Gasteiger charge is -2.46. The Morgan fingerprint density at radius 2 is 1.71 bits per heavy atom. The summed E-state index contributed by atoms with van der Waals surface area (Å²) in [4.78, 5) is 0.134. The fourth-order valence-electron chi connectivity index (χ4n) is 4.30. The first-order valence-corrected chi connectivity index (χ1v) is 11.8. The maximum absolute atomic E-state index is 11.5. The molecule has 2 fully saturated rings. The Labute approximate surface area is 204 Å². The molecule has 7 N–H and O–H groups in total. The van der Waals surface area contributed by atoms with Crippen LogP contribution in [0.25, 0.3) is 0 Å². The van der Waals surface area contributed by atoms with Gasteiger partial charge < -0.3 is 60.2 Å². The molecule has 0 aromatic carbocycles. The van der Waals surface area contributed by atoms with Gasteiger partial charge in [-0.1, -0.05) is 6.92 Å². The van der Waals surface area contributed by atoms with Crippen molar-refractivity contribution in [3.8, 4) is 0 Å². The molecule has 0 aromatic heterocycles. The molecule has 0 bridgehead atoms. The van der Waals surface area contributed by atoms with Gasteiger partial charge in [0.1, 0.15) is 48.8 Å². The van der Waals surface area contributed by atoms with Gasteiger partial charge in [-0.05, 0) is 26.3 Å². The highest BCUT2D eigenvalue weighted by Crippen LogP contribution is 2.29. The third-order valence-electron chi connectivity index (χ3n) is 6.22. The molecule has 10 atom stereocenters. The molecule has 1 unspecified atom stereocenters. The number of ether oxygens (including phenoxy) is 4. The summed E-state index contributed by atoms with van der Waals surface area (Å²) in [6.45, 7) is 4.33. The molecule has 2 heterocycles. The van der Waals surface area contributed by atoms with Gasteiger partial charge in [-0.2, -0.15) is 0 Å². The Morgan fingerprint density at radius 1 is 1.03 bits per heavy atom. The van der Waals surface area contributed by atoms with E-state index in [0.717, 1.165) is 0 Å². The second-order valence-electron chi connectivity index (χ2n) is 8.72. The molecule has 206 valence electrons. The van der Waals surface area contributed by atoms with Gasteiger partial charge in [0.2, 0.25) is 5.28 Å². The van der Waals surface area contributed by atoms with Gasteiger partial charge in [-0.25, -0.2) is 0 Å². The molecule has 2 aliphatic heterocycles. The molecule has 15 nitrogen and oxygen atoms in total. The highest BCUT2D eigenvalue weighted by atomic mass is 16.7. The number of hydrogen-bond donors (Lipinski definition) is 7. The first kappa shape index (κ1) is 29.8. The molecule has 0 saturated carbocycles. The van der Waals surface area contributed by atoms with E-state index in [0.29, 0.717) is 32.5 Å². The molecular formula is C20H40N4O11. The van der Waals surface area contributed by atoms with Gasteiger partial charge in [-0.15, -0.1) is 5.01 Å². The van der Waals surface area contributed by atoms with Crippen LogP contribution >= 0.6 is 0 Å². The normalized spacial score (nSPS) is 38.5. The summed E-state index contributed by atoms with van der Waals surface area (Å²) in [6.07, 6.45) is -10.4. The number of hydrazine groups is 1. The fourth-order valence-corrected chi connectivity index (χ4v) is 4.30. The number of hydrogen-bond acceptors (Lipinski definition) is 12. The largest absolute Gasteiger partial charge is 0.569 e. The van der Waals surface area contributed by atoms with Gasteiger partial charge in [0.15, 0.2) is 6.29 Å². The van der Waals surface area contributed by atoms with E-state index in [4.69, 9.17) is 24.2 Å². The number of aliphatic hydroxyl groups excluding tert-OH is 5. The number of aliphatic hydroxyl groups is 5. The zero-order valence-electron chi connectivity index (χ0n) is 20.3. The summed E-state index contributed by atoms with van der Waals surface area (Å²) in [5.41, 5.74) is 0. The molecule has 0 spiro atoms. The number of rotatable bonds is 13. The van der Waals surface area contributed by atoms with Crippen LogP contribution in [0.4, 0.5) is 0 Å². The van der Waals surface area contributed by atoms with Gasteiger partial charge in [0.05, 0.1) is 30.8 Å². The zero-order chi connectivity index (χ0) is 26.1. The fraction of sp³-hybridized carbons (Fsp3) is 1.00. The average molecular weight is 513 g/mol. The quantitative estimate of drug-likeness (QED) is 0.0580. The first-order chi connectivity index (χ1) is 16.7. The molecule has 0 amide bonds. The van der Waals surface area contributed by atoms with Gasteiger partial charge in [0.25, 0.3) is 0 Å². The Bertz CT molecular complexity index is 646. The Kier molecular flexibility index (Phi) is 12.2. The molecule has 2 rings (SSSR count). The first-order valence-electron chi connectivity index (χ1n) is 11.8. The van der Waals surface area contributed by atoms with Crippen molar-refractivity contribution in [1.29, 1.82) is 0 Å². The summed E-state index contributed by atoms with van der Waals surface area (Å²) < 4.78 is 22.3. The van der Waals surface area contributed by atoms with Crippen LogP contribution in [0.5, 0.6) is 0 Å². The van der Waals surface area contributed by atoms with E-state index in [1.807, 2.05) is 6.92 Å². The SMILES string of the molecule is CCCN(CCCNC[C@H]1O[C@H](OC2[C@@H](CO)O[C@H](C)[C@H](O)[C@H]2O)[C@H](O)[C@@H](O)[C@@H]1OC)/[N+]([O-])=N/O. The minimum Gasteiger partial charge on any atom is -0.569 e. The van der Waals surface area contributed by atoms with Crippen molar-refractivity contribution in [3.63, 3.8) is 0 Å². The van der Waals surface area contributed by atoms with E-state index in [2.05, 4.69) is 10.6 Å². The smallest absolute Gasteiger partial charge is 0.230 e. The molecule has 35 heavy (non-hydrogen) atoms. The van der Waals surface area contributed by atoms with E-state index in [1.165, 1.54) is 12.1 Å². The Morgan fingerprint density at radius 3 is 2.31 bits per heavy atom. The van der Waals surface area contributed by atoms with Crippen LogP contribution in [0.3, 0.4) is 0 Å². The van der Waals surface area contributed by atoms with Crippen molar-refractivity contribution in [3.05, 3.63) is 5.21 Å². The third kappa shape index (κ3) is 7.55. The highest BCUT2D eigenvalue weighted by Gasteiger charge is 2.50. The van der Waals surface area contributed by atoms with E-state index in [9.17, 15) is 30.7 Å². The van der Waals surface area contributed by atoms with Crippen LogP contribution in [0, 0.1) is 5.21 Å². The lowest BCUT2D eigenvalue weighted by molar-refractivity contribution is -0.709. The minimum atomic E-state index is -1.54. The second-order valence-corrected chi connectivity index (χ2v) is 8.72. The predicted molar refractivity (Wildman–Crippen MR) is 117 cm³/mol. The zero-order valence-corrected chi connectivity index (χ0v) is 20.3. The van der Waals surface area contributed by atoms with Crippen molar-refractivity contribution in [2.45, 2.75) is 87.9 Å². The maximum Gasteiger partial charge on any atom is 0.230 e. The lowest BCUT2D eigenvalue weighted by atomic mass is 9.95. The Hall–Kier alpha value is -1.40. The second kappa shape index (κ2) is 14.4. The van der Waals surface area contributed by atoms with Crippen molar-refractivity contribution >= 4 is 0 Å². The summed E-state index contributed by atoms with van der Waals surface area (Å²) in [5.74, 6) is 0. The van der Waals surface area contributed by atoms with Crippen LogP contribution in [-0.2, 0) is 18.9 Å². The summed E-state index contributed by atoms with van der Waals surface area (Å²) in [7, 11) is 1.36. The molecule has 2 saturated heterocycles. The monoisotopic (exact) mass is 512 g/mol. The topological polar surface area (TPSA) is 212 Å². The minimum absolute atomic E-state index is 0.134. The van der Waals surface area contributed by atoms with Gasteiger partial charge >= 0.3 is 0 Å². The third-order valence-corrected chi connectivity index (χ3v) is 6.22. The summed E-state index contributed by atoms with van der Waals surface area (Å²) in [5, 5.41) is 78.6. The molecule has 0 aromatic rings. The van der Waals surface area contributed by atoms with E-state index in [-0.39, 0.29) is 11.5 Å². The maximum atomic E-state index is 11.5. The van der Waals surface area contributed by atoms with E-state index < -0.39 is 67.8 Å². The Balaban J connectivity index is 1.96. The van der Waals surface area contributed by atoms with Crippen molar-refractivity contribution in [2.24, 2.45) is 5.28 Å². The molecule has 2 aliphatic rings. The average Bonchev–Trinajstić information content (AvgIpc) is 2.85. The summed E-state index contributed by atoms with van der Waals surface area (Å²) in [6, 6.07) is 0. The van der Waals surface area contributed by atoms with Crippen LogP contribution in [0.15, 0.2) is 5.28 Å². The molecule has 15 heteroatoms. The van der Waals surface area contributed by atoms with Gasteiger partial charge in [0, 0.05) is 13.7 Å². The number of methoxy groups -OCH3 is 1. The van der Waals surface area contributed by atoms with Gasteiger partial charge in [-0.3, -0.25) is 0 Å². The van der Waals surface area contributed by atoms with Crippen LogP contribution in [-0.4, -0.2) is 142 Å². The number of nitrogens with one attached hydrogen (secondary N) is 1.